The quantitative estimate of drug-likeness (QED) is 0.559. The molecular formula is C16H20INO4. The topological polar surface area (TPSA) is 55.8 Å². The summed E-state index contributed by atoms with van der Waals surface area (Å²) in [6.07, 6.45) is 1.33. The van der Waals surface area contributed by atoms with Gasteiger partial charge in [-0.3, -0.25) is 9.59 Å². The third kappa shape index (κ3) is 3.91. The van der Waals surface area contributed by atoms with Crippen LogP contribution in [-0.2, 0) is 9.53 Å². The second-order valence-corrected chi connectivity index (χ2v) is 6.33. The summed E-state index contributed by atoms with van der Waals surface area (Å²) in [6.45, 7) is 3.39. The lowest BCUT2D eigenvalue weighted by atomic mass is 9.96. The highest BCUT2D eigenvalue weighted by Gasteiger charge is 2.28. The standard InChI is InChI=1S/C16H20INO4/c1-3-22-16(20)11-6-8-18(9-7-11)15(19)12-4-5-14(21-2)13(17)10-12/h4-5,10-11H,3,6-9H2,1-2H3. The van der Waals surface area contributed by atoms with E-state index >= 15 is 0 Å². The third-order valence-corrected chi connectivity index (χ3v) is 4.64. The molecule has 0 atom stereocenters. The van der Waals surface area contributed by atoms with E-state index in [1.807, 2.05) is 13.0 Å². The van der Waals surface area contributed by atoms with Gasteiger partial charge in [0.25, 0.3) is 5.91 Å². The number of benzene rings is 1. The highest BCUT2D eigenvalue weighted by atomic mass is 127. The van der Waals surface area contributed by atoms with Gasteiger partial charge in [-0.1, -0.05) is 0 Å². The van der Waals surface area contributed by atoms with Crippen LogP contribution in [0.4, 0.5) is 0 Å². The number of hydrogen-bond acceptors (Lipinski definition) is 4. The monoisotopic (exact) mass is 417 g/mol. The van der Waals surface area contributed by atoms with Gasteiger partial charge in [-0.2, -0.15) is 0 Å². The van der Waals surface area contributed by atoms with Gasteiger partial charge in [-0.05, 0) is 60.6 Å². The van der Waals surface area contributed by atoms with Crippen molar-refractivity contribution in [1.29, 1.82) is 0 Å². The summed E-state index contributed by atoms with van der Waals surface area (Å²) in [5.74, 6) is 0.537. The molecular weight excluding hydrogens is 397 g/mol. The highest BCUT2D eigenvalue weighted by Crippen LogP contribution is 2.24. The molecule has 0 bridgehead atoms. The van der Waals surface area contributed by atoms with Crippen LogP contribution in [0.3, 0.4) is 0 Å². The molecule has 120 valence electrons. The van der Waals surface area contributed by atoms with Gasteiger partial charge in [0.2, 0.25) is 0 Å². The lowest BCUT2D eigenvalue weighted by Gasteiger charge is -2.31. The van der Waals surface area contributed by atoms with Crippen molar-refractivity contribution in [3.63, 3.8) is 0 Å². The SMILES string of the molecule is CCOC(=O)C1CCN(C(=O)c2ccc(OC)c(I)c2)CC1. The average molecular weight is 417 g/mol. The van der Waals surface area contributed by atoms with Gasteiger partial charge in [0.05, 0.1) is 23.2 Å². The van der Waals surface area contributed by atoms with Crippen LogP contribution in [0.25, 0.3) is 0 Å². The van der Waals surface area contributed by atoms with E-state index in [4.69, 9.17) is 9.47 Å². The third-order valence-electron chi connectivity index (χ3n) is 3.80. The number of esters is 1. The van der Waals surface area contributed by atoms with Crippen molar-refractivity contribution < 1.29 is 19.1 Å². The Balaban J connectivity index is 1.98. The summed E-state index contributed by atoms with van der Waals surface area (Å²) in [4.78, 5) is 26.0. The maximum atomic E-state index is 12.5. The molecule has 1 fully saturated rings. The largest absolute Gasteiger partial charge is 0.496 e. The van der Waals surface area contributed by atoms with E-state index in [1.165, 1.54) is 0 Å². The first-order valence-corrected chi connectivity index (χ1v) is 8.44. The van der Waals surface area contributed by atoms with Crippen molar-refractivity contribution in [1.82, 2.24) is 4.90 Å². The minimum Gasteiger partial charge on any atom is -0.496 e. The Morgan fingerprint density at radius 2 is 2.00 bits per heavy atom. The molecule has 0 N–H and O–H groups in total. The fraction of sp³-hybridized carbons (Fsp3) is 0.500. The summed E-state index contributed by atoms with van der Waals surface area (Å²) < 4.78 is 11.2. The van der Waals surface area contributed by atoms with Crippen LogP contribution in [0.5, 0.6) is 5.75 Å². The molecule has 5 nitrogen and oxygen atoms in total. The minimum absolute atomic E-state index is 0.00266. The smallest absolute Gasteiger partial charge is 0.309 e. The molecule has 1 aromatic carbocycles. The zero-order valence-electron chi connectivity index (χ0n) is 12.8. The number of nitrogens with zero attached hydrogens (tertiary/aromatic N) is 1. The molecule has 1 saturated heterocycles. The first kappa shape index (κ1) is 17.1. The summed E-state index contributed by atoms with van der Waals surface area (Å²) in [5, 5.41) is 0. The molecule has 22 heavy (non-hydrogen) atoms. The lowest BCUT2D eigenvalue weighted by Crippen LogP contribution is -2.40. The molecule has 1 heterocycles. The molecule has 1 amide bonds. The number of likely N-dealkylation sites (tertiary alicyclic amines) is 1. The number of ether oxygens (including phenoxy) is 2. The highest BCUT2D eigenvalue weighted by molar-refractivity contribution is 14.1. The second kappa shape index (κ2) is 7.80. The molecule has 6 heteroatoms. The number of halogens is 1. The minimum atomic E-state index is -0.145. The van der Waals surface area contributed by atoms with E-state index < -0.39 is 0 Å². The molecule has 0 radical (unpaired) electrons. The van der Waals surface area contributed by atoms with Crippen molar-refractivity contribution >= 4 is 34.5 Å². The van der Waals surface area contributed by atoms with Crippen LogP contribution < -0.4 is 4.74 Å². The zero-order valence-corrected chi connectivity index (χ0v) is 15.0. The molecule has 0 aromatic heterocycles. The molecule has 0 spiro atoms. The summed E-state index contributed by atoms with van der Waals surface area (Å²) in [5.41, 5.74) is 0.653. The fourth-order valence-corrected chi connectivity index (χ4v) is 3.30. The summed E-state index contributed by atoms with van der Waals surface area (Å²) >= 11 is 2.15. The van der Waals surface area contributed by atoms with E-state index in [2.05, 4.69) is 22.6 Å². The van der Waals surface area contributed by atoms with Crippen molar-refractivity contribution in [3.05, 3.63) is 27.3 Å². The van der Waals surface area contributed by atoms with Gasteiger partial charge in [-0.25, -0.2) is 0 Å². The van der Waals surface area contributed by atoms with Crippen LogP contribution in [0.15, 0.2) is 18.2 Å². The fourth-order valence-electron chi connectivity index (χ4n) is 2.56. The molecule has 0 aliphatic carbocycles. The Bertz CT molecular complexity index is 553. The van der Waals surface area contributed by atoms with Gasteiger partial charge < -0.3 is 14.4 Å². The number of carbonyl (C=O) groups is 2. The Hall–Kier alpha value is -1.31. The van der Waals surface area contributed by atoms with E-state index in [0.29, 0.717) is 38.1 Å². The van der Waals surface area contributed by atoms with Gasteiger partial charge >= 0.3 is 5.97 Å². The van der Waals surface area contributed by atoms with E-state index in [0.717, 1.165) is 9.32 Å². The Morgan fingerprint density at radius 3 is 2.55 bits per heavy atom. The van der Waals surface area contributed by atoms with Crippen molar-refractivity contribution in [3.8, 4) is 5.75 Å². The predicted molar refractivity (Wildman–Crippen MR) is 91.0 cm³/mol. The maximum absolute atomic E-state index is 12.5. The Kier molecular flexibility index (Phi) is 6.05. The number of rotatable bonds is 4. The normalized spacial score (nSPS) is 15.5. The zero-order chi connectivity index (χ0) is 16.1. The average Bonchev–Trinajstić information content (AvgIpc) is 2.54. The van der Waals surface area contributed by atoms with Crippen LogP contribution in [0, 0.1) is 9.49 Å². The lowest BCUT2D eigenvalue weighted by molar-refractivity contribution is -0.149. The van der Waals surface area contributed by atoms with E-state index in [-0.39, 0.29) is 17.8 Å². The molecule has 0 saturated carbocycles. The Labute approximate surface area is 144 Å². The maximum Gasteiger partial charge on any atom is 0.309 e. The predicted octanol–water partition coefficient (Wildman–Crippen LogP) is 2.72. The number of amides is 1. The molecule has 2 rings (SSSR count). The molecule has 1 aromatic rings. The number of hydrogen-bond donors (Lipinski definition) is 0. The van der Waals surface area contributed by atoms with Crippen LogP contribution in [0.2, 0.25) is 0 Å². The van der Waals surface area contributed by atoms with Crippen molar-refractivity contribution in [2.24, 2.45) is 5.92 Å². The Morgan fingerprint density at radius 1 is 1.32 bits per heavy atom. The molecule has 0 unspecified atom stereocenters. The first-order valence-electron chi connectivity index (χ1n) is 7.36. The van der Waals surface area contributed by atoms with Crippen LogP contribution in [0.1, 0.15) is 30.1 Å². The summed E-state index contributed by atoms with van der Waals surface area (Å²) in [6, 6.07) is 5.42. The van der Waals surface area contributed by atoms with Crippen LogP contribution >= 0.6 is 22.6 Å². The number of carbonyl (C=O) groups excluding carboxylic acids is 2. The van der Waals surface area contributed by atoms with E-state index in [1.54, 1.807) is 24.1 Å². The van der Waals surface area contributed by atoms with Crippen molar-refractivity contribution in [2.45, 2.75) is 19.8 Å². The second-order valence-electron chi connectivity index (χ2n) is 5.17. The van der Waals surface area contributed by atoms with Crippen molar-refractivity contribution in [2.75, 3.05) is 26.8 Å². The number of piperidine rings is 1. The van der Waals surface area contributed by atoms with Gasteiger partial charge in [-0.15, -0.1) is 0 Å². The molecule has 1 aliphatic rings. The number of methoxy groups -OCH3 is 1. The van der Waals surface area contributed by atoms with Gasteiger partial charge in [0.1, 0.15) is 5.75 Å². The van der Waals surface area contributed by atoms with Gasteiger partial charge in [0, 0.05) is 18.7 Å². The van der Waals surface area contributed by atoms with Gasteiger partial charge in [0.15, 0.2) is 0 Å². The molecule has 1 aliphatic heterocycles. The van der Waals surface area contributed by atoms with Crippen LogP contribution in [-0.4, -0.2) is 43.6 Å². The van der Waals surface area contributed by atoms with E-state index in [9.17, 15) is 9.59 Å². The first-order chi connectivity index (χ1) is 10.6. The summed E-state index contributed by atoms with van der Waals surface area (Å²) in [7, 11) is 1.61.